The van der Waals surface area contributed by atoms with Gasteiger partial charge in [-0.15, -0.1) is 0 Å². The molecular formula is C73H125N3. The van der Waals surface area contributed by atoms with Gasteiger partial charge in [-0.2, -0.15) is 0 Å². The van der Waals surface area contributed by atoms with Gasteiger partial charge in [0.15, 0.2) is 0 Å². The molecule has 0 radical (unpaired) electrons. The minimum Gasteiger partial charge on any atom is -0.294 e. The summed E-state index contributed by atoms with van der Waals surface area (Å²) in [4.78, 5) is 10.2. The molecule has 9 unspecified atom stereocenters. The molecule has 0 heterocycles. The molecule has 3 heteroatoms. The van der Waals surface area contributed by atoms with Crippen LogP contribution in [0.15, 0.2) is 0 Å². The second-order valence-electron chi connectivity index (χ2n) is 32.0. The summed E-state index contributed by atoms with van der Waals surface area (Å²) >= 11 is 0. The van der Waals surface area contributed by atoms with Crippen molar-refractivity contribution in [2.75, 3.05) is 0 Å². The highest BCUT2D eigenvalue weighted by Crippen LogP contribution is 2.63. The molecule has 432 valence electrons. The normalized spacial score (nSPS) is 46.0. The fourth-order valence-electron chi connectivity index (χ4n) is 25.2. The third-order valence-corrected chi connectivity index (χ3v) is 28.4. The van der Waals surface area contributed by atoms with E-state index in [1.807, 2.05) is 0 Å². The molecule has 3 nitrogen and oxygen atoms in total. The van der Waals surface area contributed by atoms with E-state index in [0.717, 1.165) is 131 Å². The van der Waals surface area contributed by atoms with Crippen LogP contribution in [0.4, 0.5) is 0 Å². The number of rotatable bonds is 12. The fourth-order valence-corrected chi connectivity index (χ4v) is 25.2. The molecule has 0 aromatic rings. The monoisotopic (exact) mass is 1040 g/mol. The lowest BCUT2D eigenvalue weighted by molar-refractivity contribution is -0.115. The Morgan fingerprint density at radius 1 is 0.197 bits per heavy atom. The van der Waals surface area contributed by atoms with E-state index in [1.54, 1.807) is 148 Å². The first-order chi connectivity index (χ1) is 37.6. The first-order valence-corrected chi connectivity index (χ1v) is 36.9. The molecule has 0 aliphatic heterocycles. The summed E-state index contributed by atoms with van der Waals surface area (Å²) in [6, 6.07) is 8.05. The molecule has 13 fully saturated rings. The highest BCUT2D eigenvalue weighted by Gasteiger charge is 2.56. The third-order valence-electron chi connectivity index (χ3n) is 28.4. The molecule has 0 aromatic carbocycles. The number of fused-ring (bicyclic) bond motifs is 3. The van der Waals surface area contributed by atoms with E-state index < -0.39 is 0 Å². The Morgan fingerprint density at radius 2 is 0.513 bits per heavy atom. The van der Waals surface area contributed by atoms with Crippen LogP contribution in [0.1, 0.15) is 328 Å². The zero-order valence-electron chi connectivity index (χ0n) is 50.4. The van der Waals surface area contributed by atoms with E-state index >= 15 is 0 Å². The van der Waals surface area contributed by atoms with E-state index in [4.69, 9.17) is 0 Å². The molecule has 0 N–H and O–H groups in total. The molecule has 13 aliphatic carbocycles. The van der Waals surface area contributed by atoms with E-state index in [-0.39, 0.29) is 0 Å². The van der Waals surface area contributed by atoms with Gasteiger partial charge in [0.05, 0.1) is 0 Å². The molecule has 13 saturated carbocycles. The summed E-state index contributed by atoms with van der Waals surface area (Å²) in [7, 11) is 0. The SMILES string of the molecule is CC1CCC(C2C3CCCCC3C(C3CCC(C4CCCC(N(C5CCCCC5)C5CCC(N(C6CCC(N(C7CCCCC7)C7CCCCC7)CC6)C6CCCC7CCCCC76)CC5)C4)CC3)C3CCCCC32)CC1. The van der Waals surface area contributed by atoms with Crippen molar-refractivity contribution in [1.29, 1.82) is 0 Å². The molecule has 0 spiro atoms. The molecule has 9 atom stereocenters. The number of hydrogen-bond acceptors (Lipinski definition) is 3. The molecular weight excluding hydrogens is 919 g/mol. The molecule has 0 aromatic heterocycles. The summed E-state index contributed by atoms with van der Waals surface area (Å²) in [5, 5.41) is 0. The lowest BCUT2D eigenvalue weighted by atomic mass is 9.45. The van der Waals surface area contributed by atoms with Crippen LogP contribution in [-0.2, 0) is 0 Å². The Hall–Kier alpha value is -0.120. The van der Waals surface area contributed by atoms with E-state index in [2.05, 4.69) is 21.6 Å². The van der Waals surface area contributed by atoms with Crippen LogP contribution in [0.2, 0.25) is 0 Å². The van der Waals surface area contributed by atoms with Gasteiger partial charge >= 0.3 is 0 Å². The van der Waals surface area contributed by atoms with E-state index in [0.29, 0.717) is 0 Å². The smallest absolute Gasteiger partial charge is 0.0132 e. The molecule has 13 rings (SSSR count). The minimum atomic E-state index is 0.873. The maximum Gasteiger partial charge on any atom is 0.0132 e. The van der Waals surface area contributed by atoms with Gasteiger partial charge in [0.25, 0.3) is 0 Å². The highest BCUT2D eigenvalue weighted by atomic mass is 15.3. The standard InChI is InChI=1S/C73H125N3/c1-52-35-37-55(38-36-52)72-67-30-13-15-32-69(67)73(70-33-16-14-31-68(70)72)56-41-39-53(40-42-56)57-21-17-28-65(51-57)75(60-26-9-4-10-27-60)62-45-49-64(50-46-62)76(71-34-18-20-54-19-11-12-29-66(54)71)63-47-43-61(44-48-63)74(58-22-5-2-6-23-58)59-24-7-3-8-25-59/h52-73H,2-51H2,1H3. The minimum absolute atomic E-state index is 0.873. The maximum atomic E-state index is 3.46. The third kappa shape index (κ3) is 12.0. The zero-order valence-corrected chi connectivity index (χ0v) is 50.4. The second-order valence-corrected chi connectivity index (χ2v) is 32.0. The topological polar surface area (TPSA) is 9.72 Å². The first-order valence-electron chi connectivity index (χ1n) is 36.9. The van der Waals surface area contributed by atoms with Gasteiger partial charge in [-0.25, -0.2) is 0 Å². The van der Waals surface area contributed by atoms with Crippen molar-refractivity contribution >= 4 is 0 Å². The molecule has 76 heavy (non-hydrogen) atoms. The van der Waals surface area contributed by atoms with Crippen LogP contribution in [0, 0.1) is 76.9 Å². The van der Waals surface area contributed by atoms with E-state index in [9.17, 15) is 0 Å². The van der Waals surface area contributed by atoms with Gasteiger partial charge in [-0.1, -0.05) is 148 Å². The summed E-state index contributed by atoms with van der Waals surface area (Å²) in [5.74, 6) is 14.0. The van der Waals surface area contributed by atoms with Crippen molar-refractivity contribution in [3.8, 4) is 0 Å². The average Bonchev–Trinajstić information content (AvgIpc) is 3.51. The van der Waals surface area contributed by atoms with Gasteiger partial charge in [-0.05, 0) is 257 Å². The van der Waals surface area contributed by atoms with Gasteiger partial charge in [-0.3, -0.25) is 14.7 Å². The van der Waals surface area contributed by atoms with Crippen molar-refractivity contribution in [2.24, 2.45) is 76.9 Å². The maximum absolute atomic E-state index is 3.46. The fraction of sp³-hybridized carbons (Fsp3) is 1.00. The van der Waals surface area contributed by atoms with Crippen LogP contribution in [0.5, 0.6) is 0 Å². The Morgan fingerprint density at radius 3 is 0.987 bits per heavy atom. The Kier molecular flexibility index (Phi) is 19.0. The lowest BCUT2D eigenvalue weighted by Crippen LogP contribution is -2.59. The van der Waals surface area contributed by atoms with Crippen molar-refractivity contribution in [2.45, 2.75) is 382 Å². The lowest BCUT2D eigenvalue weighted by Gasteiger charge is -2.60. The Bertz CT molecular complexity index is 1670. The number of nitrogens with zero attached hydrogens (tertiary/aromatic N) is 3. The predicted octanol–water partition coefficient (Wildman–Crippen LogP) is 19.9. The quantitative estimate of drug-likeness (QED) is 0.193. The zero-order chi connectivity index (χ0) is 50.8. The van der Waals surface area contributed by atoms with Gasteiger partial charge in [0, 0.05) is 54.4 Å². The number of hydrogen-bond donors (Lipinski definition) is 0. The summed E-state index contributed by atoms with van der Waals surface area (Å²) in [6.45, 7) is 2.57. The van der Waals surface area contributed by atoms with E-state index in [1.165, 1.54) is 173 Å². The van der Waals surface area contributed by atoms with Gasteiger partial charge < -0.3 is 0 Å². The predicted molar refractivity (Wildman–Crippen MR) is 322 cm³/mol. The highest BCUT2D eigenvalue weighted by molar-refractivity contribution is 5.06. The van der Waals surface area contributed by atoms with Crippen LogP contribution in [0.25, 0.3) is 0 Å². The van der Waals surface area contributed by atoms with Crippen molar-refractivity contribution in [3.63, 3.8) is 0 Å². The molecule has 0 amide bonds. The Balaban J connectivity index is 0.674. The van der Waals surface area contributed by atoms with Crippen molar-refractivity contribution in [3.05, 3.63) is 0 Å². The van der Waals surface area contributed by atoms with Crippen molar-refractivity contribution in [1.82, 2.24) is 14.7 Å². The molecule has 13 aliphatic rings. The van der Waals surface area contributed by atoms with Crippen LogP contribution >= 0.6 is 0 Å². The Labute approximate surface area is 471 Å². The molecule has 0 saturated heterocycles. The van der Waals surface area contributed by atoms with Crippen molar-refractivity contribution < 1.29 is 0 Å². The van der Waals surface area contributed by atoms with Gasteiger partial charge in [0.1, 0.15) is 0 Å². The molecule has 0 bridgehead atoms. The van der Waals surface area contributed by atoms with Crippen LogP contribution in [-0.4, -0.2) is 69.1 Å². The summed E-state index contributed by atoms with van der Waals surface area (Å²) < 4.78 is 0. The second kappa shape index (κ2) is 26.2. The van der Waals surface area contributed by atoms with Crippen LogP contribution in [0.3, 0.4) is 0 Å². The van der Waals surface area contributed by atoms with Crippen LogP contribution < -0.4 is 0 Å². The first kappa shape index (κ1) is 55.1. The summed E-state index contributed by atoms with van der Waals surface area (Å²) in [5.41, 5.74) is 0. The average molecular weight is 1040 g/mol. The summed E-state index contributed by atoms with van der Waals surface area (Å²) in [6.07, 6.45) is 77.5. The van der Waals surface area contributed by atoms with Gasteiger partial charge in [0.2, 0.25) is 0 Å². The largest absolute Gasteiger partial charge is 0.294 e.